The van der Waals surface area contributed by atoms with Gasteiger partial charge in [-0.25, -0.2) is 0 Å². The Labute approximate surface area is 86.0 Å². The van der Waals surface area contributed by atoms with Gasteiger partial charge in [-0.1, -0.05) is 6.42 Å². The molecule has 2 unspecified atom stereocenters. The standard InChI is InChI=1S/C7H13Cl3Si/c8-6-3-1-2-5(4-6)7(9,10)11/h5-6H,1-4H2,11H3. The largest absolute Gasteiger partial charge is 0.123 e. The number of halogens is 3. The lowest BCUT2D eigenvalue weighted by molar-refractivity contribution is 0.367. The molecule has 1 aliphatic rings. The fourth-order valence-electron chi connectivity index (χ4n) is 1.59. The summed E-state index contributed by atoms with van der Waals surface area (Å²) in [7, 11) is 0.832. The van der Waals surface area contributed by atoms with Crippen molar-refractivity contribution < 1.29 is 0 Å². The number of alkyl halides is 3. The van der Waals surface area contributed by atoms with Gasteiger partial charge in [0.05, 0.1) is 3.96 Å². The molecule has 2 atom stereocenters. The Morgan fingerprint density at radius 2 is 1.91 bits per heavy atom. The van der Waals surface area contributed by atoms with E-state index in [9.17, 15) is 0 Å². The van der Waals surface area contributed by atoms with Crippen LogP contribution in [0.25, 0.3) is 0 Å². The predicted octanol–water partition coefficient (Wildman–Crippen LogP) is 2.28. The third-order valence-electron chi connectivity index (χ3n) is 2.33. The highest BCUT2D eigenvalue weighted by molar-refractivity contribution is 6.65. The lowest BCUT2D eigenvalue weighted by Gasteiger charge is -2.32. The molecule has 0 aromatic heterocycles. The van der Waals surface area contributed by atoms with Crippen molar-refractivity contribution in [3.63, 3.8) is 0 Å². The average molecular weight is 232 g/mol. The van der Waals surface area contributed by atoms with Gasteiger partial charge in [-0.3, -0.25) is 0 Å². The summed E-state index contributed by atoms with van der Waals surface area (Å²) in [5.74, 6) is 0.439. The molecule has 0 bridgehead atoms. The molecule has 0 aliphatic heterocycles. The van der Waals surface area contributed by atoms with E-state index in [4.69, 9.17) is 34.8 Å². The lowest BCUT2D eigenvalue weighted by Crippen LogP contribution is -2.31. The third-order valence-corrected chi connectivity index (χ3v) is 4.16. The first-order valence-electron chi connectivity index (χ1n) is 4.02. The smallest absolute Gasteiger partial charge is 0.1000 e. The minimum Gasteiger partial charge on any atom is -0.123 e. The summed E-state index contributed by atoms with van der Waals surface area (Å²) in [6.45, 7) is 0. The Bertz CT molecular complexity index is 132. The molecule has 0 radical (unpaired) electrons. The van der Waals surface area contributed by atoms with Crippen LogP contribution in [0, 0.1) is 5.92 Å². The second kappa shape index (κ2) is 3.86. The summed E-state index contributed by atoms with van der Waals surface area (Å²) in [5.41, 5.74) is 0. The van der Waals surface area contributed by atoms with Gasteiger partial charge < -0.3 is 0 Å². The minimum atomic E-state index is -0.451. The zero-order valence-corrected chi connectivity index (χ0v) is 10.9. The summed E-state index contributed by atoms with van der Waals surface area (Å²) in [6.07, 6.45) is 4.46. The third kappa shape index (κ3) is 3.14. The van der Waals surface area contributed by atoms with Crippen LogP contribution in [0.3, 0.4) is 0 Å². The van der Waals surface area contributed by atoms with Crippen LogP contribution < -0.4 is 0 Å². The van der Waals surface area contributed by atoms with Crippen LogP contribution in [-0.4, -0.2) is 19.6 Å². The van der Waals surface area contributed by atoms with Crippen LogP contribution in [0.15, 0.2) is 0 Å². The van der Waals surface area contributed by atoms with E-state index in [2.05, 4.69) is 0 Å². The van der Waals surface area contributed by atoms with Crippen molar-refractivity contribution in [2.75, 3.05) is 0 Å². The average Bonchev–Trinajstić information content (AvgIpc) is 1.86. The van der Waals surface area contributed by atoms with Gasteiger partial charge in [-0.05, 0) is 25.2 Å². The highest BCUT2D eigenvalue weighted by Gasteiger charge is 2.33. The first-order chi connectivity index (χ1) is 5.00. The molecule has 0 spiro atoms. The van der Waals surface area contributed by atoms with Crippen molar-refractivity contribution in [2.24, 2.45) is 5.92 Å². The monoisotopic (exact) mass is 230 g/mol. The maximum Gasteiger partial charge on any atom is 0.1000 e. The second-order valence-corrected chi connectivity index (χ2v) is 8.64. The normalized spacial score (nSPS) is 34.1. The van der Waals surface area contributed by atoms with Gasteiger partial charge in [-0.2, -0.15) is 0 Å². The molecule has 1 aliphatic carbocycles. The maximum absolute atomic E-state index is 6.05. The summed E-state index contributed by atoms with van der Waals surface area (Å²) >= 11 is 18.1. The van der Waals surface area contributed by atoms with E-state index in [0.29, 0.717) is 11.3 Å². The Morgan fingerprint density at radius 1 is 1.27 bits per heavy atom. The number of hydrogen-bond acceptors (Lipinski definition) is 0. The van der Waals surface area contributed by atoms with Crippen LogP contribution in [0.4, 0.5) is 0 Å². The highest BCUT2D eigenvalue weighted by Crippen LogP contribution is 2.39. The molecule has 0 aromatic rings. The van der Waals surface area contributed by atoms with Gasteiger partial charge >= 0.3 is 0 Å². The highest BCUT2D eigenvalue weighted by atomic mass is 35.5. The van der Waals surface area contributed by atoms with E-state index < -0.39 is 3.96 Å². The molecule has 1 fully saturated rings. The Kier molecular flexibility index (Phi) is 3.57. The zero-order chi connectivity index (χ0) is 8.48. The molecule has 0 heterocycles. The van der Waals surface area contributed by atoms with Crippen LogP contribution in [0.1, 0.15) is 25.7 Å². The van der Waals surface area contributed by atoms with Crippen molar-refractivity contribution in [1.29, 1.82) is 0 Å². The molecule has 0 nitrogen and oxygen atoms in total. The van der Waals surface area contributed by atoms with Gasteiger partial charge in [0, 0.05) is 15.6 Å². The van der Waals surface area contributed by atoms with Gasteiger partial charge in [0.1, 0.15) is 0 Å². The second-order valence-electron chi connectivity index (χ2n) is 3.42. The number of hydrogen-bond donors (Lipinski definition) is 0. The molecular formula is C7H13Cl3Si. The Balaban J connectivity index is 2.46. The fourth-order valence-corrected chi connectivity index (χ4v) is 2.88. The lowest BCUT2D eigenvalue weighted by atomic mass is 9.90. The van der Waals surface area contributed by atoms with Crippen LogP contribution in [-0.2, 0) is 0 Å². The SMILES string of the molecule is [SiH3]C(Cl)(Cl)C1CCCC(Cl)C1. The molecule has 11 heavy (non-hydrogen) atoms. The molecular weight excluding hydrogens is 219 g/mol. The van der Waals surface area contributed by atoms with Crippen molar-refractivity contribution in [2.45, 2.75) is 35.0 Å². The van der Waals surface area contributed by atoms with Crippen molar-refractivity contribution in [3.05, 3.63) is 0 Å². The van der Waals surface area contributed by atoms with Crippen molar-refractivity contribution in [1.82, 2.24) is 0 Å². The summed E-state index contributed by atoms with van der Waals surface area (Å²) in [4.78, 5) is 0. The Morgan fingerprint density at radius 3 is 2.27 bits per heavy atom. The molecule has 66 valence electrons. The molecule has 1 saturated carbocycles. The molecule has 0 saturated heterocycles. The maximum atomic E-state index is 6.05. The van der Waals surface area contributed by atoms with Crippen molar-refractivity contribution in [3.8, 4) is 0 Å². The van der Waals surface area contributed by atoms with E-state index in [1.54, 1.807) is 0 Å². The predicted molar refractivity (Wildman–Crippen MR) is 56.0 cm³/mol. The van der Waals surface area contributed by atoms with Crippen LogP contribution in [0.5, 0.6) is 0 Å². The topological polar surface area (TPSA) is 0 Å². The van der Waals surface area contributed by atoms with E-state index >= 15 is 0 Å². The van der Waals surface area contributed by atoms with Crippen LogP contribution in [0.2, 0.25) is 0 Å². The number of rotatable bonds is 1. The summed E-state index contributed by atoms with van der Waals surface area (Å²) in [5, 5.41) is 0.305. The first-order valence-corrected chi connectivity index (χ1v) is 6.21. The van der Waals surface area contributed by atoms with Crippen molar-refractivity contribution >= 4 is 45.0 Å². The van der Waals surface area contributed by atoms with Gasteiger partial charge in [0.25, 0.3) is 0 Å². The van der Waals surface area contributed by atoms with Gasteiger partial charge in [0.2, 0.25) is 0 Å². The van der Waals surface area contributed by atoms with Gasteiger partial charge in [-0.15, -0.1) is 34.8 Å². The van der Waals surface area contributed by atoms with Crippen LogP contribution >= 0.6 is 34.8 Å². The van der Waals surface area contributed by atoms with E-state index in [0.717, 1.165) is 29.5 Å². The Hall–Kier alpha value is 1.09. The molecule has 4 heteroatoms. The molecule has 1 rings (SSSR count). The molecule has 0 aromatic carbocycles. The van der Waals surface area contributed by atoms with E-state index in [-0.39, 0.29) is 0 Å². The summed E-state index contributed by atoms with van der Waals surface area (Å²) in [6, 6.07) is 0. The fraction of sp³-hybridized carbons (Fsp3) is 1.00. The van der Waals surface area contributed by atoms with E-state index in [1.165, 1.54) is 6.42 Å². The first kappa shape index (κ1) is 10.2. The quantitative estimate of drug-likeness (QED) is 0.480. The molecule has 0 amide bonds. The van der Waals surface area contributed by atoms with Gasteiger partial charge in [0.15, 0.2) is 0 Å². The zero-order valence-electron chi connectivity index (χ0n) is 6.62. The molecule has 0 N–H and O–H groups in total. The minimum absolute atomic E-state index is 0.305. The summed E-state index contributed by atoms with van der Waals surface area (Å²) < 4.78 is -0.451. The van der Waals surface area contributed by atoms with E-state index in [1.807, 2.05) is 0 Å².